The molecule has 1 aromatic carbocycles. The number of hydrogen-bond acceptors (Lipinski definition) is 4. The van der Waals surface area contributed by atoms with Crippen LogP contribution >= 0.6 is 0 Å². The third kappa shape index (κ3) is 4.29. The Balaban J connectivity index is 2.29. The summed E-state index contributed by atoms with van der Waals surface area (Å²) in [6, 6.07) is 10.9. The van der Waals surface area contributed by atoms with Crippen LogP contribution < -0.4 is 4.31 Å². The molecule has 0 saturated carbocycles. The van der Waals surface area contributed by atoms with Crippen LogP contribution in [0.2, 0.25) is 0 Å². The number of methoxy groups -OCH3 is 1. The van der Waals surface area contributed by atoms with Crippen molar-refractivity contribution in [3.05, 3.63) is 59.9 Å². The fourth-order valence-corrected chi connectivity index (χ4v) is 3.76. The molecule has 118 valence electrons. The summed E-state index contributed by atoms with van der Waals surface area (Å²) in [5.41, 5.74) is 2.41. The molecule has 6 heteroatoms. The molecule has 22 heavy (non-hydrogen) atoms. The van der Waals surface area contributed by atoms with E-state index in [1.54, 1.807) is 31.6 Å². The number of ether oxygens (including phenoxy) is 1. The number of aromatic nitrogens is 1. The van der Waals surface area contributed by atoms with Crippen LogP contribution in [0.25, 0.3) is 0 Å². The Kier molecular flexibility index (Phi) is 5.51. The van der Waals surface area contributed by atoms with E-state index in [-0.39, 0.29) is 12.3 Å². The predicted octanol–water partition coefficient (Wildman–Crippen LogP) is 2.37. The lowest BCUT2D eigenvalue weighted by atomic mass is 10.2. The van der Waals surface area contributed by atoms with Gasteiger partial charge in [-0.25, -0.2) is 8.42 Å². The van der Waals surface area contributed by atoms with E-state index in [9.17, 15) is 8.42 Å². The zero-order valence-corrected chi connectivity index (χ0v) is 13.6. The van der Waals surface area contributed by atoms with Gasteiger partial charge in [-0.2, -0.15) is 0 Å². The molecule has 0 N–H and O–H groups in total. The number of nitrogens with zero attached hydrogens (tertiary/aromatic N) is 2. The number of anilines is 1. The number of hydrogen-bond donors (Lipinski definition) is 0. The zero-order valence-electron chi connectivity index (χ0n) is 12.8. The van der Waals surface area contributed by atoms with Gasteiger partial charge in [-0.15, -0.1) is 0 Å². The number of pyridine rings is 1. The summed E-state index contributed by atoms with van der Waals surface area (Å²) >= 11 is 0. The third-order valence-electron chi connectivity index (χ3n) is 3.22. The summed E-state index contributed by atoms with van der Waals surface area (Å²) in [5, 5.41) is 0. The van der Waals surface area contributed by atoms with Gasteiger partial charge in [0.2, 0.25) is 10.0 Å². The molecule has 1 aromatic heterocycles. The Labute approximate surface area is 131 Å². The van der Waals surface area contributed by atoms with E-state index in [1.807, 2.05) is 31.2 Å². The predicted molar refractivity (Wildman–Crippen MR) is 87.3 cm³/mol. The van der Waals surface area contributed by atoms with Gasteiger partial charge in [0, 0.05) is 19.5 Å². The van der Waals surface area contributed by atoms with E-state index < -0.39 is 10.0 Å². The topological polar surface area (TPSA) is 59.5 Å². The molecule has 0 saturated heterocycles. The molecule has 0 spiro atoms. The van der Waals surface area contributed by atoms with Gasteiger partial charge in [0.15, 0.2) is 0 Å². The van der Waals surface area contributed by atoms with Gasteiger partial charge >= 0.3 is 0 Å². The quantitative estimate of drug-likeness (QED) is 0.786. The second kappa shape index (κ2) is 7.38. The first-order valence-corrected chi connectivity index (χ1v) is 8.59. The second-order valence-electron chi connectivity index (χ2n) is 5.02. The summed E-state index contributed by atoms with van der Waals surface area (Å²) in [4.78, 5) is 3.93. The van der Waals surface area contributed by atoms with Crippen LogP contribution in [0.15, 0.2) is 48.8 Å². The molecule has 0 bridgehead atoms. The van der Waals surface area contributed by atoms with Gasteiger partial charge in [0.1, 0.15) is 0 Å². The van der Waals surface area contributed by atoms with E-state index in [4.69, 9.17) is 4.74 Å². The van der Waals surface area contributed by atoms with Crippen LogP contribution in [0.3, 0.4) is 0 Å². The second-order valence-corrected chi connectivity index (χ2v) is 6.91. The average molecular weight is 320 g/mol. The van der Waals surface area contributed by atoms with Gasteiger partial charge in [-0.3, -0.25) is 9.29 Å². The minimum absolute atomic E-state index is 0.0410. The number of sulfonamides is 1. The molecule has 2 aromatic rings. The molecule has 0 radical (unpaired) electrons. The fourth-order valence-electron chi connectivity index (χ4n) is 2.20. The first kappa shape index (κ1) is 16.5. The summed E-state index contributed by atoms with van der Waals surface area (Å²) in [6.45, 7) is 2.55. The highest BCUT2D eigenvalue weighted by Crippen LogP contribution is 2.20. The van der Waals surface area contributed by atoms with Crippen molar-refractivity contribution >= 4 is 15.7 Å². The molecule has 0 aliphatic rings. The largest absolute Gasteiger partial charge is 0.383 e. The smallest absolute Gasteiger partial charge is 0.239 e. The van der Waals surface area contributed by atoms with Crippen LogP contribution in [0.4, 0.5) is 5.69 Å². The highest BCUT2D eigenvalue weighted by Gasteiger charge is 2.22. The summed E-state index contributed by atoms with van der Waals surface area (Å²) in [7, 11) is -1.94. The molecule has 1 heterocycles. The number of benzene rings is 1. The Bertz CT molecular complexity index is 702. The van der Waals surface area contributed by atoms with E-state index in [0.29, 0.717) is 12.3 Å². The normalized spacial score (nSPS) is 11.4. The Morgan fingerprint density at radius 3 is 2.55 bits per heavy atom. The lowest BCUT2D eigenvalue weighted by Gasteiger charge is -2.24. The fraction of sp³-hybridized carbons (Fsp3) is 0.312. The van der Waals surface area contributed by atoms with E-state index in [0.717, 1.165) is 11.1 Å². The van der Waals surface area contributed by atoms with E-state index in [1.165, 1.54) is 4.31 Å². The maximum Gasteiger partial charge on any atom is 0.239 e. The first-order valence-electron chi connectivity index (χ1n) is 6.98. The summed E-state index contributed by atoms with van der Waals surface area (Å²) in [5.74, 6) is -0.0410. The van der Waals surface area contributed by atoms with Gasteiger partial charge in [-0.05, 0) is 24.6 Å². The third-order valence-corrected chi connectivity index (χ3v) is 4.98. The van der Waals surface area contributed by atoms with Crippen molar-refractivity contribution in [3.63, 3.8) is 0 Å². The van der Waals surface area contributed by atoms with Crippen LogP contribution in [0.1, 0.15) is 11.1 Å². The van der Waals surface area contributed by atoms with Crippen molar-refractivity contribution in [1.29, 1.82) is 0 Å². The van der Waals surface area contributed by atoms with Gasteiger partial charge in [0.25, 0.3) is 0 Å². The van der Waals surface area contributed by atoms with Crippen molar-refractivity contribution in [3.8, 4) is 0 Å². The maximum absolute atomic E-state index is 12.8. The molecular formula is C16H20N2O3S. The van der Waals surface area contributed by atoms with Crippen molar-refractivity contribution in [2.45, 2.75) is 12.7 Å². The van der Waals surface area contributed by atoms with Gasteiger partial charge < -0.3 is 4.74 Å². The molecule has 0 unspecified atom stereocenters. The molecule has 0 aliphatic carbocycles. The minimum Gasteiger partial charge on any atom is -0.383 e. The molecule has 0 amide bonds. The average Bonchev–Trinajstić information content (AvgIpc) is 2.48. The van der Waals surface area contributed by atoms with E-state index >= 15 is 0 Å². The lowest BCUT2D eigenvalue weighted by molar-refractivity contribution is 0.208. The van der Waals surface area contributed by atoms with Crippen LogP contribution in [-0.4, -0.2) is 33.7 Å². The standard InChI is InChI=1S/C16H20N2O3S/c1-14-4-3-5-15(12-14)13-22(19,20)18(10-11-21-2)16-6-8-17-9-7-16/h3-9,12H,10-11,13H2,1-2H3. The minimum atomic E-state index is -3.49. The zero-order chi connectivity index (χ0) is 16.0. The first-order chi connectivity index (χ1) is 10.5. The Morgan fingerprint density at radius 1 is 1.18 bits per heavy atom. The molecule has 0 atom stereocenters. The van der Waals surface area contributed by atoms with Crippen molar-refractivity contribution in [1.82, 2.24) is 4.98 Å². The lowest BCUT2D eigenvalue weighted by Crippen LogP contribution is -2.35. The molecule has 2 rings (SSSR count). The highest BCUT2D eigenvalue weighted by atomic mass is 32.2. The summed E-state index contributed by atoms with van der Waals surface area (Å²) in [6.07, 6.45) is 3.16. The van der Waals surface area contributed by atoms with Crippen LogP contribution in [-0.2, 0) is 20.5 Å². The SMILES string of the molecule is COCCN(c1ccncc1)S(=O)(=O)Cc1cccc(C)c1. The van der Waals surface area contributed by atoms with Crippen LogP contribution in [0, 0.1) is 6.92 Å². The maximum atomic E-state index is 12.8. The van der Waals surface area contributed by atoms with Gasteiger partial charge in [-0.1, -0.05) is 29.8 Å². The van der Waals surface area contributed by atoms with E-state index in [2.05, 4.69) is 4.98 Å². The number of rotatable bonds is 7. The summed E-state index contributed by atoms with van der Waals surface area (Å²) < 4.78 is 31.9. The van der Waals surface area contributed by atoms with Crippen molar-refractivity contribution in [2.24, 2.45) is 0 Å². The number of aryl methyl sites for hydroxylation is 1. The van der Waals surface area contributed by atoms with Crippen LogP contribution in [0.5, 0.6) is 0 Å². The molecule has 5 nitrogen and oxygen atoms in total. The van der Waals surface area contributed by atoms with Gasteiger partial charge in [0.05, 0.1) is 24.6 Å². The monoisotopic (exact) mass is 320 g/mol. The highest BCUT2D eigenvalue weighted by molar-refractivity contribution is 7.92. The Hall–Kier alpha value is -1.92. The molecule has 0 fully saturated rings. The van der Waals surface area contributed by atoms with Crippen molar-refractivity contribution in [2.75, 3.05) is 24.6 Å². The molecular weight excluding hydrogens is 300 g/mol. The van der Waals surface area contributed by atoms with Crippen molar-refractivity contribution < 1.29 is 13.2 Å². The molecule has 0 aliphatic heterocycles. The Morgan fingerprint density at radius 2 is 1.91 bits per heavy atom.